The van der Waals surface area contributed by atoms with Crippen LogP contribution in [0.5, 0.6) is 0 Å². The van der Waals surface area contributed by atoms with Crippen molar-refractivity contribution in [2.24, 2.45) is 4.99 Å². The zero-order valence-electron chi connectivity index (χ0n) is 13.4. The molecule has 6 heteroatoms. The van der Waals surface area contributed by atoms with Crippen molar-refractivity contribution in [2.45, 2.75) is 12.5 Å². The molecule has 5 nitrogen and oxygen atoms in total. The second-order valence-electron chi connectivity index (χ2n) is 5.37. The second kappa shape index (κ2) is 10.8. The highest BCUT2D eigenvalue weighted by molar-refractivity contribution is 14.0. The Morgan fingerprint density at radius 1 is 1.32 bits per heavy atom. The van der Waals surface area contributed by atoms with Gasteiger partial charge in [-0.3, -0.25) is 4.99 Å². The van der Waals surface area contributed by atoms with Crippen LogP contribution < -0.4 is 10.6 Å². The van der Waals surface area contributed by atoms with E-state index in [2.05, 4.69) is 51.8 Å². The lowest BCUT2D eigenvalue weighted by Crippen LogP contribution is -2.48. The monoisotopic (exact) mass is 418 g/mol. The van der Waals surface area contributed by atoms with E-state index in [0.717, 1.165) is 45.2 Å². The summed E-state index contributed by atoms with van der Waals surface area (Å²) in [6.07, 6.45) is 1.22. The fourth-order valence-corrected chi connectivity index (χ4v) is 2.39. The summed E-state index contributed by atoms with van der Waals surface area (Å²) in [5.41, 5.74) is 1.33. The molecule has 1 aromatic carbocycles. The molecule has 0 radical (unpaired) electrons. The summed E-state index contributed by atoms with van der Waals surface area (Å²) in [5.74, 6) is 0.836. The molecule has 2 N–H and O–H groups in total. The first-order valence-electron chi connectivity index (χ1n) is 7.56. The fourth-order valence-electron chi connectivity index (χ4n) is 2.39. The molecule has 1 unspecified atom stereocenters. The molecule has 1 atom stereocenters. The molecule has 1 heterocycles. The number of likely N-dealkylation sites (N-methyl/N-ethyl adjacent to an activating group) is 1. The van der Waals surface area contributed by atoms with Crippen LogP contribution in [0, 0.1) is 0 Å². The van der Waals surface area contributed by atoms with E-state index in [1.165, 1.54) is 5.56 Å². The number of nitrogens with one attached hydrogen (secondary N) is 2. The number of rotatable bonds is 5. The SMILES string of the molecule is CN=C(NCCc1ccccc1)NCC1CN(C)CCO1.I. The number of guanidine groups is 1. The standard InChI is InChI=1S/C16H26N4O.HI/c1-17-16(18-9-8-14-6-4-3-5-7-14)19-12-15-13-20(2)10-11-21-15;/h3-7,15H,8-13H2,1-2H3,(H2,17,18,19);1H. The van der Waals surface area contributed by atoms with Gasteiger partial charge in [-0.15, -0.1) is 24.0 Å². The van der Waals surface area contributed by atoms with Gasteiger partial charge in [-0.1, -0.05) is 30.3 Å². The van der Waals surface area contributed by atoms with Crippen molar-refractivity contribution in [2.75, 3.05) is 46.9 Å². The molecular formula is C16H27IN4O. The Hall–Kier alpha value is -0.860. The lowest BCUT2D eigenvalue weighted by atomic mass is 10.1. The summed E-state index contributed by atoms with van der Waals surface area (Å²) in [6, 6.07) is 10.5. The van der Waals surface area contributed by atoms with Gasteiger partial charge in [0.15, 0.2) is 5.96 Å². The van der Waals surface area contributed by atoms with Gasteiger partial charge in [0.1, 0.15) is 0 Å². The van der Waals surface area contributed by atoms with Crippen LogP contribution in [0.2, 0.25) is 0 Å². The maximum Gasteiger partial charge on any atom is 0.191 e. The van der Waals surface area contributed by atoms with Crippen LogP contribution >= 0.6 is 24.0 Å². The van der Waals surface area contributed by atoms with Gasteiger partial charge in [0.25, 0.3) is 0 Å². The fraction of sp³-hybridized carbons (Fsp3) is 0.562. The first-order chi connectivity index (χ1) is 10.3. The minimum absolute atomic E-state index is 0. The average Bonchev–Trinajstić information content (AvgIpc) is 2.52. The maximum absolute atomic E-state index is 5.73. The molecule has 0 amide bonds. The van der Waals surface area contributed by atoms with Crippen molar-refractivity contribution in [1.29, 1.82) is 0 Å². The lowest BCUT2D eigenvalue weighted by Gasteiger charge is -2.30. The molecule has 2 rings (SSSR count). The number of ether oxygens (including phenoxy) is 1. The third kappa shape index (κ3) is 6.93. The van der Waals surface area contributed by atoms with Gasteiger partial charge in [0.05, 0.1) is 12.7 Å². The molecule has 0 aromatic heterocycles. The molecule has 0 aliphatic carbocycles. The highest BCUT2D eigenvalue weighted by atomic mass is 127. The number of benzene rings is 1. The van der Waals surface area contributed by atoms with E-state index in [9.17, 15) is 0 Å². The summed E-state index contributed by atoms with van der Waals surface area (Å²) in [7, 11) is 3.92. The number of hydrogen-bond donors (Lipinski definition) is 2. The van der Waals surface area contributed by atoms with E-state index in [1.54, 1.807) is 7.05 Å². The Balaban J connectivity index is 0.00000242. The number of hydrogen-bond acceptors (Lipinski definition) is 3. The third-order valence-electron chi connectivity index (χ3n) is 3.61. The number of aliphatic imine (C=N–C) groups is 1. The molecular weight excluding hydrogens is 391 g/mol. The van der Waals surface area contributed by atoms with Crippen LogP contribution in [0.3, 0.4) is 0 Å². The van der Waals surface area contributed by atoms with Gasteiger partial charge < -0.3 is 20.3 Å². The van der Waals surface area contributed by atoms with Crippen molar-refractivity contribution in [3.63, 3.8) is 0 Å². The van der Waals surface area contributed by atoms with Crippen LogP contribution in [0.15, 0.2) is 35.3 Å². The van der Waals surface area contributed by atoms with Crippen molar-refractivity contribution < 1.29 is 4.74 Å². The van der Waals surface area contributed by atoms with E-state index >= 15 is 0 Å². The summed E-state index contributed by atoms with van der Waals surface area (Å²) >= 11 is 0. The zero-order valence-corrected chi connectivity index (χ0v) is 15.7. The molecule has 124 valence electrons. The van der Waals surface area contributed by atoms with Gasteiger partial charge in [-0.05, 0) is 19.0 Å². The molecule has 1 aliphatic rings. The summed E-state index contributed by atoms with van der Waals surface area (Å²) in [4.78, 5) is 6.54. The van der Waals surface area contributed by atoms with Crippen LogP contribution in [-0.2, 0) is 11.2 Å². The third-order valence-corrected chi connectivity index (χ3v) is 3.61. The zero-order chi connectivity index (χ0) is 14.9. The quantitative estimate of drug-likeness (QED) is 0.431. The molecule has 0 bridgehead atoms. The molecule has 0 spiro atoms. The Kier molecular flexibility index (Phi) is 9.42. The van der Waals surface area contributed by atoms with Gasteiger partial charge >= 0.3 is 0 Å². The normalized spacial score (nSPS) is 19.4. The van der Waals surface area contributed by atoms with Gasteiger partial charge in [0.2, 0.25) is 0 Å². The molecule has 0 saturated carbocycles. The van der Waals surface area contributed by atoms with Gasteiger partial charge in [0, 0.05) is 33.2 Å². The van der Waals surface area contributed by atoms with Crippen LogP contribution in [0.1, 0.15) is 5.56 Å². The van der Waals surface area contributed by atoms with E-state index in [0.29, 0.717) is 0 Å². The molecule has 1 saturated heterocycles. The van der Waals surface area contributed by atoms with Gasteiger partial charge in [-0.2, -0.15) is 0 Å². The largest absolute Gasteiger partial charge is 0.374 e. The van der Waals surface area contributed by atoms with E-state index in [1.807, 2.05) is 6.07 Å². The topological polar surface area (TPSA) is 48.9 Å². The van der Waals surface area contributed by atoms with E-state index < -0.39 is 0 Å². The minimum atomic E-state index is 0. The number of morpholine rings is 1. The molecule has 1 fully saturated rings. The molecule has 1 aliphatic heterocycles. The smallest absolute Gasteiger partial charge is 0.191 e. The lowest BCUT2D eigenvalue weighted by molar-refractivity contribution is -0.0161. The Bertz CT molecular complexity index is 441. The van der Waals surface area contributed by atoms with Crippen molar-refractivity contribution in [3.8, 4) is 0 Å². The predicted molar refractivity (Wildman–Crippen MR) is 102 cm³/mol. The summed E-state index contributed by atoms with van der Waals surface area (Å²) in [6.45, 7) is 4.45. The van der Waals surface area contributed by atoms with E-state index in [-0.39, 0.29) is 30.1 Å². The average molecular weight is 418 g/mol. The number of nitrogens with zero attached hydrogens (tertiary/aromatic N) is 2. The Morgan fingerprint density at radius 2 is 2.09 bits per heavy atom. The highest BCUT2D eigenvalue weighted by Crippen LogP contribution is 2.01. The number of halogens is 1. The molecule has 22 heavy (non-hydrogen) atoms. The van der Waals surface area contributed by atoms with Crippen molar-refractivity contribution >= 4 is 29.9 Å². The van der Waals surface area contributed by atoms with Gasteiger partial charge in [-0.25, -0.2) is 0 Å². The second-order valence-corrected chi connectivity index (χ2v) is 5.37. The molecule has 1 aromatic rings. The summed E-state index contributed by atoms with van der Waals surface area (Å²) in [5, 5.41) is 6.67. The highest BCUT2D eigenvalue weighted by Gasteiger charge is 2.17. The van der Waals surface area contributed by atoms with Crippen molar-refractivity contribution in [1.82, 2.24) is 15.5 Å². The maximum atomic E-state index is 5.73. The van der Waals surface area contributed by atoms with Crippen LogP contribution in [-0.4, -0.2) is 63.8 Å². The van der Waals surface area contributed by atoms with Crippen LogP contribution in [0.25, 0.3) is 0 Å². The minimum Gasteiger partial charge on any atom is -0.374 e. The predicted octanol–water partition coefficient (Wildman–Crippen LogP) is 1.34. The van der Waals surface area contributed by atoms with E-state index in [4.69, 9.17) is 4.74 Å². The first-order valence-corrected chi connectivity index (χ1v) is 7.56. The first kappa shape index (κ1) is 19.2. The Morgan fingerprint density at radius 3 is 2.77 bits per heavy atom. The van der Waals surface area contributed by atoms with Crippen LogP contribution in [0.4, 0.5) is 0 Å². The Labute approximate surface area is 150 Å². The van der Waals surface area contributed by atoms with Crippen molar-refractivity contribution in [3.05, 3.63) is 35.9 Å². The summed E-state index contributed by atoms with van der Waals surface area (Å²) < 4.78 is 5.73.